The first kappa shape index (κ1) is 14.2. The van der Waals surface area contributed by atoms with Crippen LogP contribution in [0.4, 0.5) is 0 Å². The number of Topliss-reactive ketones (excluding diaryl/α,β-unsaturated/α-hetero) is 1. The summed E-state index contributed by atoms with van der Waals surface area (Å²) in [6.45, 7) is 6.39. The van der Waals surface area contributed by atoms with Gasteiger partial charge in [-0.05, 0) is 38.3 Å². The molecule has 0 bridgehead atoms. The lowest BCUT2D eigenvalue weighted by molar-refractivity contribution is 0.0973. The van der Waals surface area contributed by atoms with Crippen LogP contribution in [0.15, 0.2) is 6.20 Å². The molecule has 5 nitrogen and oxygen atoms in total. The molecule has 5 heteroatoms. The van der Waals surface area contributed by atoms with Gasteiger partial charge < -0.3 is 5.32 Å². The van der Waals surface area contributed by atoms with Crippen LogP contribution in [0.1, 0.15) is 62.5 Å². The minimum absolute atomic E-state index is 0.126. The molecule has 2 heterocycles. The Morgan fingerprint density at radius 2 is 2.21 bits per heavy atom. The summed E-state index contributed by atoms with van der Waals surface area (Å²) in [7, 11) is 0. The van der Waals surface area contributed by atoms with Gasteiger partial charge in [0.15, 0.2) is 5.78 Å². The van der Waals surface area contributed by atoms with Crippen LogP contribution < -0.4 is 5.32 Å². The lowest BCUT2D eigenvalue weighted by Crippen LogP contribution is -2.29. The number of nitrogens with one attached hydrogen (secondary N) is 1. The molecule has 0 radical (unpaired) electrons. The number of hydrogen-bond acceptors (Lipinski definition) is 4. The zero-order valence-corrected chi connectivity index (χ0v) is 11.9. The molecule has 2 rings (SSSR count). The first-order chi connectivity index (χ1) is 9.16. The Labute approximate surface area is 114 Å². The first-order valence-corrected chi connectivity index (χ1v) is 7.32. The molecule has 0 unspecified atom stereocenters. The highest BCUT2D eigenvalue weighted by molar-refractivity contribution is 5.93. The van der Waals surface area contributed by atoms with E-state index in [-0.39, 0.29) is 5.78 Å². The third-order valence-corrected chi connectivity index (χ3v) is 3.66. The predicted octanol–water partition coefficient (Wildman–Crippen LogP) is 2.21. The molecular weight excluding hydrogens is 240 g/mol. The van der Waals surface area contributed by atoms with Crippen LogP contribution in [0.5, 0.6) is 0 Å². The van der Waals surface area contributed by atoms with Crippen molar-refractivity contribution in [2.75, 3.05) is 13.1 Å². The molecule has 19 heavy (non-hydrogen) atoms. The van der Waals surface area contributed by atoms with Crippen LogP contribution in [0.3, 0.4) is 0 Å². The molecule has 0 saturated carbocycles. The van der Waals surface area contributed by atoms with E-state index in [2.05, 4.69) is 29.5 Å². The number of piperidine rings is 1. The van der Waals surface area contributed by atoms with Crippen LogP contribution in [0.25, 0.3) is 0 Å². The maximum atomic E-state index is 12.0. The van der Waals surface area contributed by atoms with Gasteiger partial charge in [-0.3, -0.25) is 4.79 Å². The second-order valence-corrected chi connectivity index (χ2v) is 5.77. The highest BCUT2D eigenvalue weighted by Crippen LogP contribution is 2.17. The van der Waals surface area contributed by atoms with Gasteiger partial charge in [-0.1, -0.05) is 25.5 Å². The normalized spacial score (nSPS) is 17.0. The molecule has 1 saturated heterocycles. The molecular formula is C14H24N4O. The fraction of sp³-hybridized carbons (Fsp3) is 0.786. The van der Waals surface area contributed by atoms with Gasteiger partial charge in [0.1, 0.15) is 5.69 Å². The zero-order valence-electron chi connectivity index (χ0n) is 11.9. The lowest BCUT2D eigenvalue weighted by Gasteiger charge is -2.22. The van der Waals surface area contributed by atoms with Gasteiger partial charge >= 0.3 is 0 Å². The Kier molecular flexibility index (Phi) is 5.07. The average Bonchev–Trinajstić information content (AvgIpc) is 2.89. The number of carbonyl (C=O) groups excluding carboxylic acids is 1. The number of hydrogen-bond donors (Lipinski definition) is 1. The van der Waals surface area contributed by atoms with Crippen molar-refractivity contribution in [1.29, 1.82) is 0 Å². The number of carbonyl (C=O) groups is 1. The third-order valence-electron chi connectivity index (χ3n) is 3.66. The van der Waals surface area contributed by atoms with Gasteiger partial charge in [0.2, 0.25) is 0 Å². The topological polar surface area (TPSA) is 59.8 Å². The summed E-state index contributed by atoms with van der Waals surface area (Å²) in [4.78, 5) is 12.0. The van der Waals surface area contributed by atoms with Crippen molar-refractivity contribution < 1.29 is 4.79 Å². The molecule has 0 spiro atoms. The summed E-state index contributed by atoms with van der Waals surface area (Å²) in [6.07, 6.45) is 6.57. The average molecular weight is 264 g/mol. The van der Waals surface area contributed by atoms with Gasteiger partial charge in [0.05, 0.1) is 12.2 Å². The number of rotatable bonds is 6. The van der Waals surface area contributed by atoms with Crippen molar-refractivity contribution in [2.24, 2.45) is 5.92 Å². The van der Waals surface area contributed by atoms with Gasteiger partial charge in [0, 0.05) is 6.42 Å². The Morgan fingerprint density at radius 3 is 2.89 bits per heavy atom. The largest absolute Gasteiger partial charge is 0.317 e. The standard InChI is InChI=1S/C14H24N4O/c1-11(2)4-3-5-14(19)13-10-18(17-16-13)12-6-8-15-9-7-12/h10-12,15H,3-9H2,1-2H3. The number of nitrogens with zero attached hydrogens (tertiary/aromatic N) is 3. The van der Waals surface area contributed by atoms with Crippen molar-refractivity contribution in [1.82, 2.24) is 20.3 Å². The van der Waals surface area contributed by atoms with E-state index in [4.69, 9.17) is 0 Å². The summed E-state index contributed by atoms with van der Waals surface area (Å²) in [5.74, 6) is 0.777. The monoisotopic (exact) mass is 264 g/mol. The Hall–Kier alpha value is -1.23. The quantitative estimate of drug-likeness (QED) is 0.800. The van der Waals surface area contributed by atoms with E-state index in [9.17, 15) is 4.79 Å². The van der Waals surface area contributed by atoms with Crippen molar-refractivity contribution in [2.45, 2.75) is 52.0 Å². The summed E-state index contributed by atoms with van der Waals surface area (Å²) in [5, 5.41) is 11.5. The molecule has 0 atom stereocenters. The summed E-state index contributed by atoms with van der Waals surface area (Å²) in [5.41, 5.74) is 0.530. The molecule has 1 aliphatic heterocycles. The smallest absolute Gasteiger partial charge is 0.184 e. The van der Waals surface area contributed by atoms with E-state index in [0.717, 1.165) is 38.8 Å². The van der Waals surface area contributed by atoms with E-state index >= 15 is 0 Å². The SMILES string of the molecule is CC(C)CCCC(=O)c1cn(C2CCNCC2)nn1. The van der Waals surface area contributed by atoms with Gasteiger partial charge in [-0.25, -0.2) is 4.68 Å². The predicted molar refractivity (Wildman–Crippen MR) is 74.2 cm³/mol. The fourth-order valence-electron chi connectivity index (χ4n) is 2.45. The third kappa shape index (κ3) is 4.13. The highest BCUT2D eigenvalue weighted by Gasteiger charge is 2.18. The van der Waals surface area contributed by atoms with Gasteiger partial charge in [0.25, 0.3) is 0 Å². The van der Waals surface area contributed by atoms with E-state index in [1.165, 1.54) is 0 Å². The summed E-state index contributed by atoms with van der Waals surface area (Å²) >= 11 is 0. The second kappa shape index (κ2) is 6.80. The van der Waals surface area contributed by atoms with E-state index in [1.807, 2.05) is 10.9 Å². The van der Waals surface area contributed by atoms with Crippen molar-refractivity contribution in [3.8, 4) is 0 Å². The molecule has 0 amide bonds. The Balaban J connectivity index is 1.87. The Bertz CT molecular complexity index is 407. The van der Waals surface area contributed by atoms with E-state index in [0.29, 0.717) is 24.1 Å². The molecule has 0 aromatic carbocycles. The van der Waals surface area contributed by atoms with Crippen LogP contribution >= 0.6 is 0 Å². The molecule has 106 valence electrons. The molecule has 1 aromatic rings. The van der Waals surface area contributed by atoms with E-state index in [1.54, 1.807) is 0 Å². The molecule has 1 aliphatic rings. The van der Waals surface area contributed by atoms with E-state index < -0.39 is 0 Å². The maximum Gasteiger partial charge on any atom is 0.184 e. The molecule has 1 fully saturated rings. The fourth-order valence-corrected chi connectivity index (χ4v) is 2.45. The maximum absolute atomic E-state index is 12.0. The summed E-state index contributed by atoms with van der Waals surface area (Å²) < 4.78 is 1.87. The molecule has 1 aromatic heterocycles. The minimum atomic E-state index is 0.126. The van der Waals surface area contributed by atoms with Crippen LogP contribution in [-0.4, -0.2) is 33.9 Å². The lowest BCUT2D eigenvalue weighted by atomic mass is 10.0. The molecule has 0 aliphatic carbocycles. The van der Waals surface area contributed by atoms with Crippen LogP contribution in [-0.2, 0) is 0 Å². The van der Waals surface area contributed by atoms with Crippen LogP contribution in [0, 0.1) is 5.92 Å². The second-order valence-electron chi connectivity index (χ2n) is 5.77. The van der Waals surface area contributed by atoms with Crippen molar-refractivity contribution in [3.63, 3.8) is 0 Å². The summed E-state index contributed by atoms with van der Waals surface area (Å²) in [6, 6.07) is 0.394. The minimum Gasteiger partial charge on any atom is -0.317 e. The number of ketones is 1. The molecule has 1 N–H and O–H groups in total. The van der Waals surface area contributed by atoms with Gasteiger partial charge in [-0.2, -0.15) is 0 Å². The zero-order chi connectivity index (χ0) is 13.7. The highest BCUT2D eigenvalue weighted by atomic mass is 16.1. The van der Waals surface area contributed by atoms with Crippen molar-refractivity contribution in [3.05, 3.63) is 11.9 Å². The number of aromatic nitrogens is 3. The first-order valence-electron chi connectivity index (χ1n) is 7.32. The van der Waals surface area contributed by atoms with Crippen molar-refractivity contribution >= 4 is 5.78 Å². The Morgan fingerprint density at radius 1 is 1.47 bits per heavy atom. The van der Waals surface area contributed by atoms with Crippen LogP contribution in [0.2, 0.25) is 0 Å². The van der Waals surface area contributed by atoms with Gasteiger partial charge in [-0.15, -0.1) is 5.10 Å².